The van der Waals surface area contributed by atoms with Gasteiger partial charge in [-0.05, 0) is 66.2 Å². The van der Waals surface area contributed by atoms with E-state index >= 15 is 0 Å². The molecule has 0 spiro atoms. The Morgan fingerprint density at radius 2 is 1.18 bits per heavy atom. The second kappa shape index (κ2) is 18.4. The van der Waals surface area contributed by atoms with Gasteiger partial charge in [0.15, 0.2) is 0 Å². The number of allylic oxidation sites excluding steroid dienone is 1. The maximum absolute atomic E-state index is 5.24. The third-order valence-electron chi connectivity index (χ3n) is 6.51. The summed E-state index contributed by atoms with van der Waals surface area (Å²) in [6.45, 7) is 31.0. The summed E-state index contributed by atoms with van der Waals surface area (Å²) >= 11 is 0. The van der Waals surface area contributed by atoms with Gasteiger partial charge in [0.1, 0.15) is 0 Å². The first-order chi connectivity index (χ1) is 17.8. The summed E-state index contributed by atoms with van der Waals surface area (Å²) < 4.78 is 4.64. The Morgan fingerprint density at radius 1 is 0.769 bits per heavy atom. The number of nitrogens with zero attached hydrogens (tertiary/aromatic N) is 2. The van der Waals surface area contributed by atoms with E-state index in [2.05, 4.69) is 117 Å². The van der Waals surface area contributed by atoms with Gasteiger partial charge in [0.05, 0.1) is 29.9 Å². The normalized spacial score (nSPS) is 12.0. The van der Waals surface area contributed by atoms with Gasteiger partial charge >= 0.3 is 20.4 Å². The van der Waals surface area contributed by atoms with E-state index in [1.54, 1.807) is 7.11 Å². The smallest absolute Gasteiger partial charge is 0.538 e. The summed E-state index contributed by atoms with van der Waals surface area (Å²) in [6, 6.07) is 13.2. The van der Waals surface area contributed by atoms with Crippen molar-refractivity contribution in [3.8, 4) is 0 Å². The molecule has 39 heavy (non-hydrogen) atoms. The third-order valence-corrected chi connectivity index (χ3v) is 6.51. The standard InChI is InChI=1S/C29H42N2.C6H10O.Pd/c1-18(2)17-24-13-11-14-25(19(3)4)28(24)30-22(9)23(10)31-29-26(20(5)6)15-12-16-27(29)21(7)8;1-4-5-6(2)7-3;/h11-16,18-21H,17H2,1-10H3;2H,1,4-5H2,3H3;/q;-2;+2. The van der Waals surface area contributed by atoms with Gasteiger partial charge in [-0.2, -0.15) is 6.42 Å². The summed E-state index contributed by atoms with van der Waals surface area (Å²) in [5, 5.41) is 0. The molecule has 0 aromatic heterocycles. The Hall–Kier alpha value is -2.02. The van der Waals surface area contributed by atoms with Gasteiger partial charge in [0.2, 0.25) is 0 Å². The van der Waals surface area contributed by atoms with Crippen molar-refractivity contribution in [3.05, 3.63) is 77.9 Å². The fraction of sp³-hybridized carbons (Fsp3) is 0.514. The van der Waals surface area contributed by atoms with Crippen LogP contribution in [0.1, 0.15) is 122 Å². The van der Waals surface area contributed by atoms with E-state index in [1.165, 1.54) is 22.3 Å². The topological polar surface area (TPSA) is 34.0 Å². The predicted octanol–water partition coefficient (Wildman–Crippen LogP) is 10.7. The molecule has 0 aliphatic carbocycles. The SMILES string of the molecule is CC(=Nc1c(CC(C)C)cccc1C(C)C)C(C)=Nc1c(C(C)C)cccc1C(C)C.[CH-]=C(CC[CH2-])OC.[Pd+2]. The molecule has 0 atom stereocenters. The Morgan fingerprint density at radius 3 is 1.54 bits per heavy atom. The van der Waals surface area contributed by atoms with Crippen molar-refractivity contribution in [2.75, 3.05) is 7.11 Å². The first-order valence-electron chi connectivity index (χ1n) is 14.1. The second-order valence-corrected chi connectivity index (χ2v) is 11.4. The van der Waals surface area contributed by atoms with Crippen molar-refractivity contribution in [1.29, 1.82) is 0 Å². The van der Waals surface area contributed by atoms with Crippen LogP contribution in [0.3, 0.4) is 0 Å². The van der Waals surface area contributed by atoms with Crippen LogP contribution in [0.5, 0.6) is 0 Å². The minimum Gasteiger partial charge on any atom is -0.538 e. The quantitative estimate of drug-likeness (QED) is 0.106. The van der Waals surface area contributed by atoms with Crippen molar-refractivity contribution < 1.29 is 25.2 Å². The molecular weight excluding hydrogens is 571 g/mol. The largest absolute Gasteiger partial charge is 2.00 e. The Bertz CT molecular complexity index is 1070. The number of methoxy groups -OCH3 is 1. The van der Waals surface area contributed by atoms with Crippen LogP contribution in [0.2, 0.25) is 0 Å². The predicted molar refractivity (Wildman–Crippen MR) is 169 cm³/mol. The van der Waals surface area contributed by atoms with Crippen molar-refractivity contribution in [2.24, 2.45) is 15.9 Å². The zero-order valence-electron chi connectivity index (χ0n) is 26.3. The van der Waals surface area contributed by atoms with E-state index in [1.807, 2.05) is 0 Å². The number of ether oxygens (including phenoxy) is 1. The van der Waals surface area contributed by atoms with Gasteiger partial charge in [-0.15, -0.1) is 0 Å². The molecule has 218 valence electrons. The second-order valence-electron chi connectivity index (χ2n) is 11.4. The molecule has 3 nitrogen and oxygen atoms in total. The van der Waals surface area contributed by atoms with Crippen LogP contribution in [-0.4, -0.2) is 18.5 Å². The maximum atomic E-state index is 5.24. The van der Waals surface area contributed by atoms with Crippen molar-refractivity contribution >= 4 is 22.8 Å². The number of hydrogen-bond acceptors (Lipinski definition) is 3. The zero-order valence-corrected chi connectivity index (χ0v) is 27.9. The molecule has 0 bridgehead atoms. The van der Waals surface area contributed by atoms with Crippen molar-refractivity contribution in [3.63, 3.8) is 0 Å². The van der Waals surface area contributed by atoms with Gasteiger partial charge < -0.3 is 18.2 Å². The summed E-state index contributed by atoms with van der Waals surface area (Å²) in [6.07, 6.45) is 2.60. The molecule has 0 saturated carbocycles. The molecule has 0 aliphatic heterocycles. The van der Waals surface area contributed by atoms with Crippen molar-refractivity contribution in [2.45, 2.75) is 106 Å². The summed E-state index contributed by atoms with van der Waals surface area (Å²) in [5.74, 6) is 2.46. The van der Waals surface area contributed by atoms with Gasteiger partial charge in [-0.1, -0.05) is 104 Å². The molecule has 4 heteroatoms. The third kappa shape index (κ3) is 11.9. The van der Waals surface area contributed by atoms with Crippen LogP contribution in [0.25, 0.3) is 0 Å². The molecule has 0 heterocycles. The minimum absolute atomic E-state index is 0. The Balaban J connectivity index is 0.00000159. The number of hydrogen-bond donors (Lipinski definition) is 0. The molecule has 0 N–H and O–H groups in total. The molecule has 2 aromatic rings. The molecular formula is C35H52N2OPd. The molecule has 0 fully saturated rings. The first-order valence-corrected chi connectivity index (χ1v) is 14.1. The monoisotopic (exact) mass is 622 g/mol. The van der Waals surface area contributed by atoms with Gasteiger partial charge in [-0.3, -0.25) is 9.98 Å². The molecule has 0 amide bonds. The summed E-state index contributed by atoms with van der Waals surface area (Å²) in [5.41, 5.74) is 9.51. The molecule has 0 unspecified atom stereocenters. The van der Waals surface area contributed by atoms with Crippen LogP contribution < -0.4 is 0 Å². The van der Waals surface area contributed by atoms with Gasteiger partial charge in [0.25, 0.3) is 0 Å². The first kappa shape index (κ1) is 37.0. The number of aliphatic imine (C=N–C) groups is 2. The number of benzene rings is 2. The van der Waals surface area contributed by atoms with Crippen molar-refractivity contribution in [1.82, 2.24) is 0 Å². The van der Waals surface area contributed by atoms with Crippen LogP contribution in [0.4, 0.5) is 11.4 Å². The van der Waals surface area contributed by atoms with E-state index in [0.717, 1.165) is 42.1 Å². The van der Waals surface area contributed by atoms with Gasteiger partial charge in [-0.25, -0.2) is 0 Å². The van der Waals surface area contributed by atoms with Crippen LogP contribution >= 0.6 is 0 Å². The van der Waals surface area contributed by atoms with E-state index in [9.17, 15) is 0 Å². The number of rotatable bonds is 11. The maximum Gasteiger partial charge on any atom is 2.00 e. The van der Waals surface area contributed by atoms with Gasteiger partial charge in [0, 0.05) is 0 Å². The average Bonchev–Trinajstić information content (AvgIpc) is 2.84. The fourth-order valence-corrected chi connectivity index (χ4v) is 4.23. The minimum atomic E-state index is 0. The molecule has 2 rings (SSSR count). The van der Waals surface area contributed by atoms with Crippen LogP contribution in [0.15, 0.2) is 52.1 Å². The number of para-hydroxylation sites is 2. The molecule has 0 aliphatic rings. The van der Waals surface area contributed by atoms with E-state index in [-0.39, 0.29) is 20.4 Å². The average molecular weight is 623 g/mol. The van der Waals surface area contributed by atoms with E-state index < -0.39 is 0 Å². The summed E-state index contributed by atoms with van der Waals surface area (Å²) in [4.78, 5) is 10.3. The fourth-order valence-electron chi connectivity index (χ4n) is 4.23. The zero-order chi connectivity index (χ0) is 29.0. The van der Waals surface area contributed by atoms with E-state index in [0.29, 0.717) is 29.4 Å². The van der Waals surface area contributed by atoms with E-state index in [4.69, 9.17) is 16.6 Å². The van der Waals surface area contributed by atoms with Crippen LogP contribution in [-0.2, 0) is 31.6 Å². The van der Waals surface area contributed by atoms with Crippen LogP contribution in [0, 0.1) is 19.4 Å². The molecule has 2 aromatic carbocycles. The molecule has 0 radical (unpaired) electrons. The Labute approximate surface area is 254 Å². The molecule has 0 saturated heterocycles. The Kier molecular flexibility index (Phi) is 17.4. The summed E-state index contributed by atoms with van der Waals surface area (Å²) in [7, 11) is 1.56.